The number of hydrogen-bond donors (Lipinski definition) is 2. The second-order valence-electron chi connectivity index (χ2n) is 5.65. The molecule has 2 N–H and O–H groups in total. The Kier molecular flexibility index (Phi) is 4.54. The van der Waals surface area contributed by atoms with E-state index in [-0.39, 0.29) is 17.7 Å². The van der Waals surface area contributed by atoms with Gasteiger partial charge in [0.2, 0.25) is 0 Å². The minimum absolute atomic E-state index is 0.127. The Balaban J connectivity index is 2.16. The zero-order valence-electron chi connectivity index (χ0n) is 11.6. The number of halogens is 1. The number of aliphatic hydroxyl groups excluding tert-OH is 1. The lowest BCUT2D eigenvalue weighted by Crippen LogP contribution is -2.54. The molecule has 0 saturated carbocycles. The number of hydrogen-bond acceptors (Lipinski definition) is 3. The molecule has 1 aliphatic rings. The molecule has 1 aliphatic heterocycles. The molecule has 0 aromatic heterocycles. The highest BCUT2D eigenvalue weighted by Gasteiger charge is 2.42. The molecule has 0 bridgehead atoms. The van der Waals surface area contributed by atoms with E-state index in [4.69, 9.17) is 4.74 Å². The molecule has 1 saturated heterocycles. The van der Waals surface area contributed by atoms with Crippen LogP contribution < -0.4 is 5.32 Å². The summed E-state index contributed by atoms with van der Waals surface area (Å²) in [6.07, 6.45) is 2.61. The largest absolute Gasteiger partial charge is 0.394 e. The lowest BCUT2D eigenvalue weighted by molar-refractivity contribution is -0.0973. The maximum Gasteiger partial charge on any atom is 0.0675 e. The first-order valence-electron chi connectivity index (χ1n) is 6.79. The van der Waals surface area contributed by atoms with Gasteiger partial charge in [0.1, 0.15) is 0 Å². The van der Waals surface area contributed by atoms with Crippen LogP contribution in [0.25, 0.3) is 0 Å². The van der Waals surface area contributed by atoms with Gasteiger partial charge in [-0.2, -0.15) is 0 Å². The second-order valence-corrected chi connectivity index (χ2v) is 6.56. The van der Waals surface area contributed by atoms with Crippen LogP contribution in [0.15, 0.2) is 28.7 Å². The van der Waals surface area contributed by atoms with Gasteiger partial charge in [0, 0.05) is 23.2 Å². The molecule has 106 valence electrons. The molecule has 2 rings (SSSR count). The SMILES string of the molecule is CCC1(C)CC(CO)(Nc2ccc(Br)cc2)CCO1. The molecular weight excluding hydrogens is 306 g/mol. The third-order valence-corrected chi connectivity index (χ3v) is 4.58. The van der Waals surface area contributed by atoms with Crippen LogP contribution in [-0.2, 0) is 4.74 Å². The van der Waals surface area contributed by atoms with Gasteiger partial charge in [-0.3, -0.25) is 0 Å². The summed E-state index contributed by atoms with van der Waals surface area (Å²) in [5, 5.41) is 13.4. The van der Waals surface area contributed by atoms with Gasteiger partial charge in [-0.15, -0.1) is 0 Å². The van der Waals surface area contributed by atoms with Gasteiger partial charge >= 0.3 is 0 Å². The van der Waals surface area contributed by atoms with Crippen molar-refractivity contribution in [1.82, 2.24) is 0 Å². The molecule has 3 nitrogen and oxygen atoms in total. The summed E-state index contributed by atoms with van der Waals surface area (Å²) in [5.74, 6) is 0. The summed E-state index contributed by atoms with van der Waals surface area (Å²) in [5.41, 5.74) is 0.609. The Labute approximate surface area is 123 Å². The first-order valence-corrected chi connectivity index (χ1v) is 7.59. The Hall–Kier alpha value is -0.580. The number of aliphatic hydroxyl groups is 1. The van der Waals surface area contributed by atoms with E-state index in [2.05, 4.69) is 35.1 Å². The third kappa shape index (κ3) is 3.50. The highest BCUT2D eigenvalue weighted by atomic mass is 79.9. The lowest BCUT2D eigenvalue weighted by atomic mass is 9.79. The van der Waals surface area contributed by atoms with Gasteiger partial charge in [-0.1, -0.05) is 22.9 Å². The molecule has 4 heteroatoms. The Morgan fingerprint density at radius 1 is 1.37 bits per heavy atom. The van der Waals surface area contributed by atoms with Gasteiger partial charge in [-0.25, -0.2) is 0 Å². The van der Waals surface area contributed by atoms with Crippen LogP contribution in [0.2, 0.25) is 0 Å². The van der Waals surface area contributed by atoms with Crippen molar-refractivity contribution in [3.63, 3.8) is 0 Å². The van der Waals surface area contributed by atoms with E-state index in [1.54, 1.807) is 0 Å². The fourth-order valence-corrected chi connectivity index (χ4v) is 2.96. The smallest absolute Gasteiger partial charge is 0.0675 e. The van der Waals surface area contributed by atoms with E-state index in [9.17, 15) is 5.11 Å². The van der Waals surface area contributed by atoms with Crippen LogP contribution in [0.3, 0.4) is 0 Å². The van der Waals surface area contributed by atoms with E-state index in [0.29, 0.717) is 6.61 Å². The van der Waals surface area contributed by atoms with Gasteiger partial charge < -0.3 is 15.2 Å². The van der Waals surface area contributed by atoms with Crippen LogP contribution in [-0.4, -0.2) is 29.5 Å². The zero-order valence-corrected chi connectivity index (χ0v) is 13.2. The molecule has 0 spiro atoms. The molecule has 2 atom stereocenters. The molecule has 0 radical (unpaired) electrons. The number of benzene rings is 1. The summed E-state index contributed by atoms with van der Waals surface area (Å²) in [7, 11) is 0. The van der Waals surface area contributed by atoms with E-state index in [1.807, 2.05) is 24.3 Å². The minimum Gasteiger partial charge on any atom is -0.394 e. The van der Waals surface area contributed by atoms with Gasteiger partial charge in [0.15, 0.2) is 0 Å². The van der Waals surface area contributed by atoms with Crippen molar-refractivity contribution < 1.29 is 9.84 Å². The fourth-order valence-electron chi connectivity index (χ4n) is 2.70. The standard InChI is InChI=1S/C15H22BrNO2/c1-3-14(2)10-15(11-18,8-9-19-14)17-13-6-4-12(16)5-7-13/h4-7,17-18H,3,8-11H2,1-2H3. The number of anilines is 1. The molecule has 1 heterocycles. The highest BCUT2D eigenvalue weighted by Crippen LogP contribution is 2.36. The molecule has 2 unspecified atom stereocenters. The average molecular weight is 328 g/mol. The predicted octanol–water partition coefficient (Wildman–Crippen LogP) is 3.57. The van der Waals surface area contributed by atoms with Crippen molar-refractivity contribution in [2.24, 2.45) is 0 Å². The monoisotopic (exact) mass is 327 g/mol. The number of rotatable bonds is 4. The van der Waals surface area contributed by atoms with E-state index < -0.39 is 0 Å². The van der Waals surface area contributed by atoms with Crippen molar-refractivity contribution in [2.75, 3.05) is 18.5 Å². The van der Waals surface area contributed by atoms with Crippen molar-refractivity contribution in [3.05, 3.63) is 28.7 Å². The van der Waals surface area contributed by atoms with Crippen LogP contribution >= 0.6 is 15.9 Å². The van der Waals surface area contributed by atoms with E-state index in [0.717, 1.165) is 29.4 Å². The molecule has 0 amide bonds. The third-order valence-electron chi connectivity index (χ3n) is 4.05. The van der Waals surface area contributed by atoms with Crippen molar-refractivity contribution in [1.29, 1.82) is 0 Å². The van der Waals surface area contributed by atoms with Crippen molar-refractivity contribution in [3.8, 4) is 0 Å². The van der Waals surface area contributed by atoms with Crippen LogP contribution in [0.1, 0.15) is 33.1 Å². The molecule has 1 fully saturated rings. The number of ether oxygens (including phenoxy) is 1. The first kappa shape index (κ1) is 14.8. The van der Waals surface area contributed by atoms with E-state index >= 15 is 0 Å². The van der Waals surface area contributed by atoms with Crippen molar-refractivity contribution in [2.45, 2.75) is 44.2 Å². The molecule has 1 aromatic rings. The fraction of sp³-hybridized carbons (Fsp3) is 0.600. The highest BCUT2D eigenvalue weighted by molar-refractivity contribution is 9.10. The van der Waals surface area contributed by atoms with Crippen LogP contribution in [0, 0.1) is 0 Å². The minimum atomic E-state index is -0.281. The summed E-state index contributed by atoms with van der Waals surface area (Å²) in [6, 6.07) is 8.07. The summed E-state index contributed by atoms with van der Waals surface area (Å²) in [4.78, 5) is 0. The Bertz CT molecular complexity index is 423. The van der Waals surface area contributed by atoms with Gasteiger partial charge in [0.25, 0.3) is 0 Å². The summed E-state index contributed by atoms with van der Waals surface area (Å²) >= 11 is 3.43. The number of nitrogens with one attached hydrogen (secondary N) is 1. The predicted molar refractivity (Wildman–Crippen MR) is 81.5 cm³/mol. The van der Waals surface area contributed by atoms with Crippen LogP contribution in [0.4, 0.5) is 5.69 Å². The molecule has 0 aliphatic carbocycles. The van der Waals surface area contributed by atoms with Crippen molar-refractivity contribution >= 4 is 21.6 Å². The Morgan fingerprint density at radius 3 is 2.63 bits per heavy atom. The normalized spacial score (nSPS) is 31.2. The van der Waals surface area contributed by atoms with E-state index in [1.165, 1.54) is 0 Å². The average Bonchev–Trinajstić information content (AvgIpc) is 2.42. The molecular formula is C15H22BrNO2. The van der Waals surface area contributed by atoms with Gasteiger partial charge in [0.05, 0.1) is 17.7 Å². The molecule has 1 aromatic carbocycles. The maximum absolute atomic E-state index is 9.86. The molecule has 19 heavy (non-hydrogen) atoms. The first-order chi connectivity index (χ1) is 9.01. The van der Waals surface area contributed by atoms with Gasteiger partial charge in [-0.05, 0) is 44.0 Å². The van der Waals surface area contributed by atoms with Crippen LogP contribution in [0.5, 0.6) is 0 Å². The zero-order chi connectivity index (χ0) is 13.9. The maximum atomic E-state index is 9.86. The lowest BCUT2D eigenvalue weighted by Gasteiger charge is -2.46. The second kappa shape index (κ2) is 5.81. The quantitative estimate of drug-likeness (QED) is 0.888. The summed E-state index contributed by atoms with van der Waals surface area (Å²) < 4.78 is 6.93. The Morgan fingerprint density at radius 2 is 2.05 bits per heavy atom. The summed E-state index contributed by atoms with van der Waals surface area (Å²) in [6.45, 7) is 5.07. The topological polar surface area (TPSA) is 41.5 Å².